The van der Waals surface area contributed by atoms with E-state index in [1.807, 2.05) is 38.1 Å². The van der Waals surface area contributed by atoms with Crippen molar-refractivity contribution in [1.29, 1.82) is 5.26 Å². The molecule has 35 heavy (non-hydrogen) atoms. The molecule has 7 nitrogen and oxygen atoms in total. The van der Waals surface area contributed by atoms with Gasteiger partial charge in [0, 0.05) is 10.7 Å². The van der Waals surface area contributed by atoms with E-state index in [2.05, 4.69) is 21.4 Å². The third kappa shape index (κ3) is 5.81. The lowest BCUT2D eigenvalue weighted by molar-refractivity contribution is -0.118. The highest BCUT2D eigenvalue weighted by atomic mass is 35.5. The number of fused-ring (bicyclic) bond motifs is 1. The minimum Gasteiger partial charge on any atom is -0.490 e. The van der Waals surface area contributed by atoms with Gasteiger partial charge < -0.3 is 19.8 Å². The Morgan fingerprint density at radius 1 is 1.14 bits per heavy atom. The molecule has 0 spiro atoms. The number of imidazole rings is 1. The van der Waals surface area contributed by atoms with Gasteiger partial charge in [-0.15, -0.1) is 0 Å². The van der Waals surface area contributed by atoms with E-state index in [0.29, 0.717) is 40.2 Å². The third-order valence-corrected chi connectivity index (χ3v) is 5.57. The Bertz CT molecular complexity index is 1420. The molecule has 0 atom stereocenters. The van der Waals surface area contributed by atoms with Crippen molar-refractivity contribution in [3.8, 4) is 17.6 Å². The van der Waals surface area contributed by atoms with E-state index >= 15 is 0 Å². The molecule has 4 aromatic rings. The summed E-state index contributed by atoms with van der Waals surface area (Å²) in [5.74, 6) is 1.07. The van der Waals surface area contributed by atoms with E-state index in [1.54, 1.807) is 42.5 Å². The summed E-state index contributed by atoms with van der Waals surface area (Å²) in [5, 5.41) is 13.1. The van der Waals surface area contributed by atoms with Crippen LogP contribution in [0.15, 0.2) is 60.7 Å². The standard InChI is InChI=1S/C27H23ClN4O3/c1-3-34-25-14-18(13-19(15-29)27-31-22-6-4-5-7-23(22)32-27)8-11-24(25)35-16-26(33)30-20-9-10-21(28)17(2)12-20/h4-14H,3,16H2,1-2H3,(H,30,33)(H,31,32). The Morgan fingerprint density at radius 3 is 2.71 bits per heavy atom. The van der Waals surface area contributed by atoms with Crippen LogP contribution in [-0.4, -0.2) is 29.1 Å². The maximum absolute atomic E-state index is 12.4. The summed E-state index contributed by atoms with van der Waals surface area (Å²) in [6, 6.07) is 20.3. The van der Waals surface area contributed by atoms with E-state index in [1.165, 1.54) is 0 Å². The van der Waals surface area contributed by atoms with Crippen LogP contribution in [0.5, 0.6) is 11.5 Å². The number of halogens is 1. The van der Waals surface area contributed by atoms with Crippen molar-refractivity contribution < 1.29 is 14.3 Å². The summed E-state index contributed by atoms with van der Waals surface area (Å²) in [7, 11) is 0. The molecule has 3 aromatic carbocycles. The Hall–Kier alpha value is -4.28. The second-order valence-electron chi connectivity index (χ2n) is 7.71. The highest BCUT2D eigenvalue weighted by Crippen LogP contribution is 2.30. The number of benzene rings is 3. The van der Waals surface area contributed by atoms with E-state index in [4.69, 9.17) is 21.1 Å². The fourth-order valence-corrected chi connectivity index (χ4v) is 3.58. The molecule has 1 aromatic heterocycles. The number of H-pyrrole nitrogens is 1. The molecular formula is C27H23ClN4O3. The number of nitrogens with one attached hydrogen (secondary N) is 2. The highest BCUT2D eigenvalue weighted by molar-refractivity contribution is 6.31. The van der Waals surface area contributed by atoms with E-state index < -0.39 is 0 Å². The molecule has 0 fully saturated rings. The van der Waals surface area contributed by atoms with Crippen molar-refractivity contribution in [1.82, 2.24) is 9.97 Å². The van der Waals surface area contributed by atoms with Gasteiger partial charge in [-0.1, -0.05) is 29.8 Å². The maximum atomic E-state index is 12.4. The zero-order valence-corrected chi connectivity index (χ0v) is 20.0. The number of aryl methyl sites for hydroxylation is 1. The van der Waals surface area contributed by atoms with Crippen LogP contribution < -0.4 is 14.8 Å². The Kier molecular flexibility index (Phi) is 7.34. The average molecular weight is 487 g/mol. The molecule has 2 N–H and O–H groups in total. The number of hydrogen-bond acceptors (Lipinski definition) is 5. The lowest BCUT2D eigenvalue weighted by Crippen LogP contribution is -2.20. The van der Waals surface area contributed by atoms with Crippen LogP contribution in [0.3, 0.4) is 0 Å². The van der Waals surface area contributed by atoms with Gasteiger partial charge in [0.1, 0.15) is 11.9 Å². The number of carbonyl (C=O) groups excluding carboxylic acids is 1. The van der Waals surface area contributed by atoms with Crippen LogP contribution in [0.1, 0.15) is 23.9 Å². The van der Waals surface area contributed by atoms with E-state index in [0.717, 1.165) is 22.2 Å². The highest BCUT2D eigenvalue weighted by Gasteiger charge is 2.12. The van der Waals surface area contributed by atoms with Gasteiger partial charge in [-0.25, -0.2) is 4.98 Å². The van der Waals surface area contributed by atoms with Gasteiger partial charge in [-0.05, 0) is 73.5 Å². The first-order valence-corrected chi connectivity index (χ1v) is 11.4. The molecule has 0 bridgehead atoms. The summed E-state index contributed by atoms with van der Waals surface area (Å²) < 4.78 is 11.4. The van der Waals surface area contributed by atoms with Crippen LogP contribution in [-0.2, 0) is 4.79 Å². The van der Waals surface area contributed by atoms with Crippen LogP contribution in [0.2, 0.25) is 5.02 Å². The summed E-state index contributed by atoms with van der Waals surface area (Å²) in [6.07, 6.45) is 1.72. The van der Waals surface area contributed by atoms with Gasteiger partial charge in [0.25, 0.3) is 5.91 Å². The summed E-state index contributed by atoms with van der Waals surface area (Å²) in [6.45, 7) is 3.94. The summed E-state index contributed by atoms with van der Waals surface area (Å²) in [4.78, 5) is 20.0. The summed E-state index contributed by atoms with van der Waals surface area (Å²) in [5.41, 5.74) is 4.27. The van der Waals surface area contributed by atoms with Gasteiger partial charge in [-0.3, -0.25) is 4.79 Å². The minimum atomic E-state index is -0.310. The molecule has 0 saturated carbocycles. The van der Waals surface area contributed by atoms with Crippen LogP contribution in [0.25, 0.3) is 22.7 Å². The third-order valence-electron chi connectivity index (χ3n) is 5.14. The number of aromatic nitrogens is 2. The normalized spacial score (nSPS) is 11.2. The molecule has 4 rings (SSSR count). The number of carbonyl (C=O) groups is 1. The number of nitriles is 1. The van der Waals surface area contributed by atoms with Crippen molar-refractivity contribution in [2.24, 2.45) is 0 Å². The van der Waals surface area contributed by atoms with Crippen LogP contribution in [0, 0.1) is 18.3 Å². The lowest BCUT2D eigenvalue weighted by atomic mass is 10.1. The average Bonchev–Trinajstić information content (AvgIpc) is 3.28. The largest absolute Gasteiger partial charge is 0.490 e. The van der Waals surface area contributed by atoms with E-state index in [-0.39, 0.29) is 12.5 Å². The smallest absolute Gasteiger partial charge is 0.262 e. The molecule has 8 heteroatoms. The molecule has 0 aliphatic heterocycles. The molecule has 0 unspecified atom stereocenters. The van der Waals surface area contributed by atoms with Gasteiger partial charge in [0.15, 0.2) is 18.1 Å². The molecule has 0 saturated heterocycles. The van der Waals surface area contributed by atoms with E-state index in [9.17, 15) is 10.1 Å². The number of para-hydroxylation sites is 2. The maximum Gasteiger partial charge on any atom is 0.262 e. The molecular weight excluding hydrogens is 464 g/mol. The van der Waals surface area contributed by atoms with Crippen molar-refractivity contribution >= 4 is 45.9 Å². The first-order valence-electron chi connectivity index (χ1n) is 11.0. The predicted octanol–water partition coefficient (Wildman–Crippen LogP) is 6.01. The van der Waals surface area contributed by atoms with Gasteiger partial charge >= 0.3 is 0 Å². The monoisotopic (exact) mass is 486 g/mol. The lowest BCUT2D eigenvalue weighted by Gasteiger charge is -2.13. The number of nitrogens with zero attached hydrogens (tertiary/aromatic N) is 2. The zero-order chi connectivity index (χ0) is 24.8. The van der Waals surface area contributed by atoms with Crippen molar-refractivity contribution in [3.05, 3.63) is 82.6 Å². The Labute approximate surface area is 208 Å². The second-order valence-corrected chi connectivity index (χ2v) is 8.12. The van der Waals surface area contributed by atoms with Crippen LogP contribution in [0.4, 0.5) is 5.69 Å². The number of amides is 1. The molecule has 176 valence electrons. The Balaban J connectivity index is 1.50. The van der Waals surface area contributed by atoms with Gasteiger partial charge in [0.05, 0.1) is 23.2 Å². The fourth-order valence-electron chi connectivity index (χ4n) is 3.47. The topological polar surface area (TPSA) is 100 Å². The van der Waals surface area contributed by atoms with Crippen molar-refractivity contribution in [3.63, 3.8) is 0 Å². The van der Waals surface area contributed by atoms with Crippen molar-refractivity contribution in [2.45, 2.75) is 13.8 Å². The number of ether oxygens (including phenoxy) is 2. The first-order chi connectivity index (χ1) is 17.0. The molecule has 0 radical (unpaired) electrons. The quantitative estimate of drug-likeness (QED) is 0.297. The predicted molar refractivity (Wildman–Crippen MR) is 138 cm³/mol. The fraction of sp³-hybridized carbons (Fsp3) is 0.148. The molecule has 1 amide bonds. The minimum absolute atomic E-state index is 0.195. The second kappa shape index (κ2) is 10.8. The zero-order valence-electron chi connectivity index (χ0n) is 19.3. The summed E-state index contributed by atoms with van der Waals surface area (Å²) >= 11 is 6.03. The van der Waals surface area contributed by atoms with Gasteiger partial charge in [-0.2, -0.15) is 5.26 Å². The molecule has 0 aliphatic rings. The number of rotatable bonds is 8. The molecule has 1 heterocycles. The molecule has 0 aliphatic carbocycles. The van der Waals surface area contributed by atoms with Crippen LogP contribution >= 0.6 is 11.6 Å². The number of allylic oxidation sites excluding steroid dienone is 1. The number of anilines is 1. The van der Waals surface area contributed by atoms with Gasteiger partial charge in [0.2, 0.25) is 0 Å². The number of hydrogen-bond donors (Lipinski definition) is 2. The van der Waals surface area contributed by atoms with Crippen molar-refractivity contribution in [2.75, 3.05) is 18.5 Å². The first kappa shape index (κ1) is 23.9. The number of aromatic amines is 1. The Morgan fingerprint density at radius 2 is 1.97 bits per heavy atom. The SMILES string of the molecule is CCOc1cc(C=C(C#N)c2nc3ccccc3[nH]2)ccc1OCC(=O)Nc1ccc(Cl)c(C)c1.